The molecule has 0 saturated heterocycles. The summed E-state index contributed by atoms with van der Waals surface area (Å²) in [5, 5.41) is 3.20. The quantitative estimate of drug-likeness (QED) is 0.606. The Morgan fingerprint density at radius 3 is 2.15 bits per heavy atom. The van der Waals surface area contributed by atoms with E-state index in [-0.39, 0.29) is 10.7 Å². The minimum atomic E-state index is -3.63. The highest BCUT2D eigenvalue weighted by atomic mass is 32.2. The molecule has 0 aliphatic heterocycles. The first kappa shape index (κ1) is 18.7. The van der Waals surface area contributed by atoms with E-state index in [4.69, 9.17) is 0 Å². The molecule has 3 rings (SSSR count). The van der Waals surface area contributed by atoms with Gasteiger partial charge >= 0.3 is 0 Å². The van der Waals surface area contributed by atoms with Gasteiger partial charge in [0.05, 0.1) is 4.90 Å². The van der Waals surface area contributed by atoms with Crippen LogP contribution < -0.4 is 10.0 Å². The number of hydrogen-bond donors (Lipinski definition) is 2. The van der Waals surface area contributed by atoms with Crippen LogP contribution in [0.4, 0.5) is 17.1 Å². The van der Waals surface area contributed by atoms with E-state index >= 15 is 0 Å². The first-order chi connectivity index (χ1) is 12.8. The predicted octanol–water partition coefficient (Wildman–Crippen LogP) is 4.74. The van der Waals surface area contributed by atoms with Crippen molar-refractivity contribution in [1.82, 2.24) is 0 Å². The zero-order chi connectivity index (χ0) is 19.4. The van der Waals surface area contributed by atoms with Crippen LogP contribution in [-0.4, -0.2) is 14.2 Å². The van der Waals surface area contributed by atoms with Crippen LogP contribution in [0.1, 0.15) is 22.8 Å². The summed E-state index contributed by atoms with van der Waals surface area (Å²) < 4.78 is 27.5. The molecule has 3 aromatic rings. The van der Waals surface area contributed by atoms with Crippen molar-refractivity contribution >= 4 is 32.9 Å². The summed E-state index contributed by atoms with van der Waals surface area (Å²) in [6, 6.07) is 20.9. The first-order valence-electron chi connectivity index (χ1n) is 8.41. The Bertz CT molecular complexity index is 1070. The van der Waals surface area contributed by atoms with E-state index in [0.717, 1.165) is 16.9 Å². The number of hydrogen-bond acceptors (Lipinski definition) is 4. The Morgan fingerprint density at radius 2 is 1.48 bits per heavy atom. The fourth-order valence-corrected chi connectivity index (χ4v) is 3.76. The molecule has 0 aliphatic rings. The highest BCUT2D eigenvalue weighted by Gasteiger charge is 2.14. The fourth-order valence-electron chi connectivity index (χ4n) is 2.60. The second kappa shape index (κ2) is 7.63. The zero-order valence-corrected chi connectivity index (χ0v) is 15.9. The van der Waals surface area contributed by atoms with E-state index in [1.165, 1.54) is 6.92 Å². The summed E-state index contributed by atoms with van der Waals surface area (Å²) in [5.41, 5.74) is 3.55. The molecule has 0 radical (unpaired) electrons. The predicted molar refractivity (Wildman–Crippen MR) is 108 cm³/mol. The summed E-state index contributed by atoms with van der Waals surface area (Å²) in [6.45, 7) is 3.37. The molecule has 0 spiro atoms. The summed E-state index contributed by atoms with van der Waals surface area (Å²) in [6.07, 6.45) is 0. The summed E-state index contributed by atoms with van der Waals surface area (Å²) in [7, 11) is -3.63. The van der Waals surface area contributed by atoms with Crippen LogP contribution in [0, 0.1) is 6.92 Å². The molecule has 5 nitrogen and oxygen atoms in total. The van der Waals surface area contributed by atoms with Gasteiger partial charge in [0.1, 0.15) is 0 Å². The molecule has 0 aliphatic carbocycles. The number of anilines is 3. The smallest absolute Gasteiger partial charge is 0.261 e. The number of Topliss-reactive ketones (excluding diaryl/α,β-unsaturated/α-hetero) is 1. The number of sulfonamides is 1. The van der Waals surface area contributed by atoms with Gasteiger partial charge < -0.3 is 5.32 Å². The second-order valence-corrected chi connectivity index (χ2v) is 7.94. The van der Waals surface area contributed by atoms with E-state index in [0.29, 0.717) is 11.3 Å². The molecule has 2 N–H and O–H groups in total. The highest BCUT2D eigenvalue weighted by Crippen LogP contribution is 2.22. The van der Waals surface area contributed by atoms with Crippen molar-refractivity contribution < 1.29 is 13.2 Å². The zero-order valence-electron chi connectivity index (χ0n) is 15.1. The van der Waals surface area contributed by atoms with Crippen molar-refractivity contribution in [2.24, 2.45) is 0 Å². The molecule has 0 aromatic heterocycles. The van der Waals surface area contributed by atoms with Gasteiger partial charge in [-0.1, -0.05) is 24.3 Å². The Hall–Kier alpha value is -3.12. The molecule has 27 heavy (non-hydrogen) atoms. The Morgan fingerprint density at radius 1 is 0.815 bits per heavy atom. The Labute approximate surface area is 159 Å². The van der Waals surface area contributed by atoms with E-state index in [1.807, 2.05) is 25.1 Å². The van der Waals surface area contributed by atoms with Crippen molar-refractivity contribution in [2.45, 2.75) is 18.7 Å². The summed E-state index contributed by atoms with van der Waals surface area (Å²) in [5.74, 6) is -0.000414. The monoisotopic (exact) mass is 380 g/mol. The number of ketones is 1. The molecule has 0 amide bonds. The molecule has 0 fully saturated rings. The van der Waals surface area contributed by atoms with E-state index in [1.54, 1.807) is 54.6 Å². The molecule has 138 valence electrons. The fraction of sp³-hybridized carbons (Fsp3) is 0.0952. The van der Waals surface area contributed by atoms with Crippen LogP contribution in [0.5, 0.6) is 0 Å². The van der Waals surface area contributed by atoms with Crippen LogP contribution >= 0.6 is 0 Å². The molecule has 0 saturated carbocycles. The Kier molecular flexibility index (Phi) is 5.28. The van der Waals surface area contributed by atoms with E-state index in [2.05, 4.69) is 10.0 Å². The van der Waals surface area contributed by atoms with Gasteiger partial charge in [-0.25, -0.2) is 8.42 Å². The number of carbonyl (C=O) groups is 1. The molecule has 6 heteroatoms. The van der Waals surface area contributed by atoms with Gasteiger partial charge in [-0.2, -0.15) is 0 Å². The highest BCUT2D eigenvalue weighted by molar-refractivity contribution is 7.92. The number of nitrogens with one attached hydrogen (secondary N) is 2. The number of rotatable bonds is 6. The van der Waals surface area contributed by atoms with Gasteiger partial charge in [-0.3, -0.25) is 9.52 Å². The molecule has 0 atom stereocenters. The van der Waals surface area contributed by atoms with Crippen molar-refractivity contribution in [1.29, 1.82) is 0 Å². The lowest BCUT2D eigenvalue weighted by molar-refractivity contribution is 0.101. The normalized spacial score (nSPS) is 11.0. The lowest BCUT2D eigenvalue weighted by Crippen LogP contribution is -2.13. The number of carbonyl (C=O) groups excluding carboxylic acids is 1. The molecular formula is C21H20N2O3S. The minimum absolute atomic E-state index is 0.000414. The SMILES string of the molecule is CC(=O)c1cccc(Nc2ccc(NS(=O)(=O)c3cccc(C)c3)cc2)c1. The summed E-state index contributed by atoms with van der Waals surface area (Å²) in [4.78, 5) is 11.7. The average Bonchev–Trinajstić information content (AvgIpc) is 2.63. The third kappa shape index (κ3) is 4.74. The molecule has 0 heterocycles. The largest absolute Gasteiger partial charge is 0.356 e. The lowest BCUT2D eigenvalue weighted by atomic mass is 10.1. The second-order valence-electron chi connectivity index (χ2n) is 6.26. The third-order valence-corrected chi connectivity index (χ3v) is 5.37. The molecule has 0 unspecified atom stereocenters. The lowest BCUT2D eigenvalue weighted by Gasteiger charge is -2.11. The van der Waals surface area contributed by atoms with Crippen molar-refractivity contribution in [2.75, 3.05) is 10.0 Å². The molecule has 0 bridgehead atoms. The van der Waals surface area contributed by atoms with Crippen molar-refractivity contribution in [3.05, 3.63) is 83.9 Å². The van der Waals surface area contributed by atoms with Crippen LogP contribution in [0.3, 0.4) is 0 Å². The maximum absolute atomic E-state index is 12.5. The van der Waals surface area contributed by atoms with Gasteiger partial charge in [0.25, 0.3) is 10.0 Å². The molecule has 3 aromatic carbocycles. The number of aryl methyl sites for hydroxylation is 1. The van der Waals surface area contributed by atoms with Gasteiger partial charge in [0.2, 0.25) is 0 Å². The van der Waals surface area contributed by atoms with Gasteiger partial charge in [0, 0.05) is 22.6 Å². The van der Waals surface area contributed by atoms with Crippen LogP contribution in [0.2, 0.25) is 0 Å². The third-order valence-electron chi connectivity index (χ3n) is 3.99. The van der Waals surface area contributed by atoms with Gasteiger partial charge in [-0.15, -0.1) is 0 Å². The van der Waals surface area contributed by atoms with Crippen LogP contribution in [0.25, 0.3) is 0 Å². The molecular weight excluding hydrogens is 360 g/mol. The van der Waals surface area contributed by atoms with E-state index < -0.39 is 10.0 Å². The van der Waals surface area contributed by atoms with E-state index in [9.17, 15) is 13.2 Å². The first-order valence-corrected chi connectivity index (χ1v) is 9.89. The Balaban J connectivity index is 1.74. The van der Waals surface area contributed by atoms with Crippen LogP contribution in [-0.2, 0) is 10.0 Å². The maximum atomic E-state index is 12.5. The average molecular weight is 380 g/mol. The summed E-state index contributed by atoms with van der Waals surface area (Å²) >= 11 is 0. The topological polar surface area (TPSA) is 75.3 Å². The van der Waals surface area contributed by atoms with Gasteiger partial charge in [0.15, 0.2) is 5.78 Å². The maximum Gasteiger partial charge on any atom is 0.261 e. The van der Waals surface area contributed by atoms with Crippen molar-refractivity contribution in [3.8, 4) is 0 Å². The van der Waals surface area contributed by atoms with Crippen molar-refractivity contribution in [3.63, 3.8) is 0 Å². The van der Waals surface area contributed by atoms with Crippen LogP contribution in [0.15, 0.2) is 77.7 Å². The minimum Gasteiger partial charge on any atom is -0.356 e. The number of benzene rings is 3. The standard InChI is InChI=1S/C21H20N2O3S/c1-15-5-3-8-21(13-15)27(25,26)23-19-11-9-18(10-12-19)22-20-7-4-6-17(14-20)16(2)24/h3-14,22-23H,1-2H3. The van der Waals surface area contributed by atoms with Gasteiger partial charge in [-0.05, 0) is 67.9 Å².